The second kappa shape index (κ2) is 10.9. The van der Waals surface area contributed by atoms with Gasteiger partial charge in [-0.05, 0) is 118 Å². The van der Waals surface area contributed by atoms with Crippen molar-refractivity contribution >= 4 is 75.8 Å². The summed E-state index contributed by atoms with van der Waals surface area (Å²) in [6, 6.07) is 66.4. The molecule has 0 unspecified atom stereocenters. The van der Waals surface area contributed by atoms with Crippen molar-refractivity contribution in [2.24, 2.45) is 0 Å². The van der Waals surface area contributed by atoms with Crippen molar-refractivity contribution in [3.8, 4) is 33.4 Å². The van der Waals surface area contributed by atoms with Crippen molar-refractivity contribution in [3.63, 3.8) is 0 Å². The zero-order valence-corrected chi connectivity index (χ0v) is 27.7. The minimum Gasteiger partial charge on any atom is -0.456 e. The second-order valence-electron chi connectivity index (χ2n) is 13.6. The van der Waals surface area contributed by atoms with Gasteiger partial charge in [-0.1, -0.05) is 152 Å². The summed E-state index contributed by atoms with van der Waals surface area (Å²) >= 11 is 0. The minimum absolute atomic E-state index is 0.906. The molecule has 10 aromatic carbocycles. The Morgan fingerprint density at radius 1 is 0.275 bits per heavy atom. The Morgan fingerprint density at radius 2 is 0.843 bits per heavy atom. The molecule has 0 aliphatic rings. The van der Waals surface area contributed by atoms with E-state index >= 15 is 0 Å². The molecule has 11 aromatic rings. The molecule has 0 bridgehead atoms. The first kappa shape index (κ1) is 28.2. The Labute approximate surface area is 294 Å². The largest absolute Gasteiger partial charge is 0.456 e. The minimum atomic E-state index is 0.906. The molecule has 0 amide bonds. The number of hydrogen-bond acceptors (Lipinski definition) is 1. The van der Waals surface area contributed by atoms with E-state index in [9.17, 15) is 0 Å². The fourth-order valence-electron chi connectivity index (χ4n) is 8.55. The Balaban J connectivity index is 1.28. The molecule has 11 rings (SSSR count). The highest BCUT2D eigenvalue weighted by Gasteiger charge is 2.22. The average Bonchev–Trinajstić information content (AvgIpc) is 3.56. The molecule has 0 aliphatic carbocycles. The molecule has 0 saturated heterocycles. The fraction of sp³-hybridized carbons (Fsp3) is 0. The SMILES string of the molecule is c1ccc(-c2cc3c(ccc4ccccc43)cc2-c2c3ccccc3c(-c3cccc4oc5cc6ccccc6cc5c34)c3ccccc23)cc1. The van der Waals surface area contributed by atoms with Crippen LogP contribution in [0.5, 0.6) is 0 Å². The van der Waals surface area contributed by atoms with E-state index in [-0.39, 0.29) is 0 Å². The summed E-state index contributed by atoms with van der Waals surface area (Å²) in [6.07, 6.45) is 0. The van der Waals surface area contributed by atoms with Gasteiger partial charge in [0.05, 0.1) is 0 Å². The van der Waals surface area contributed by atoms with Crippen molar-refractivity contribution < 1.29 is 4.42 Å². The monoisotopic (exact) mass is 646 g/mol. The van der Waals surface area contributed by atoms with Gasteiger partial charge in [0.2, 0.25) is 0 Å². The van der Waals surface area contributed by atoms with Crippen LogP contribution in [-0.4, -0.2) is 0 Å². The van der Waals surface area contributed by atoms with Crippen LogP contribution in [0.4, 0.5) is 0 Å². The molecular formula is C50H30O. The van der Waals surface area contributed by atoms with Gasteiger partial charge in [0, 0.05) is 10.8 Å². The molecule has 51 heavy (non-hydrogen) atoms. The lowest BCUT2D eigenvalue weighted by atomic mass is 9.82. The van der Waals surface area contributed by atoms with Crippen LogP contribution in [0, 0.1) is 0 Å². The topological polar surface area (TPSA) is 13.1 Å². The van der Waals surface area contributed by atoms with E-state index in [2.05, 4.69) is 182 Å². The van der Waals surface area contributed by atoms with Crippen LogP contribution in [0.2, 0.25) is 0 Å². The van der Waals surface area contributed by atoms with Gasteiger partial charge in [-0.15, -0.1) is 0 Å². The summed E-state index contributed by atoms with van der Waals surface area (Å²) in [7, 11) is 0. The van der Waals surface area contributed by atoms with Gasteiger partial charge < -0.3 is 4.42 Å². The fourth-order valence-corrected chi connectivity index (χ4v) is 8.55. The third-order valence-corrected chi connectivity index (χ3v) is 10.8. The highest BCUT2D eigenvalue weighted by atomic mass is 16.3. The predicted octanol–water partition coefficient (Wildman–Crippen LogP) is 14.4. The molecule has 0 atom stereocenters. The molecule has 0 saturated carbocycles. The zero-order chi connectivity index (χ0) is 33.5. The Morgan fingerprint density at radius 3 is 1.55 bits per heavy atom. The Kier molecular flexibility index (Phi) is 6.02. The van der Waals surface area contributed by atoms with E-state index in [0.717, 1.165) is 21.9 Å². The zero-order valence-electron chi connectivity index (χ0n) is 27.7. The Hall–Kier alpha value is -6.70. The van der Waals surface area contributed by atoms with Gasteiger partial charge >= 0.3 is 0 Å². The van der Waals surface area contributed by atoms with Crippen LogP contribution in [0.1, 0.15) is 0 Å². The standard InChI is InChI=1S/C50H30O/c1-2-13-31(14-3-1)42-30-43-35(26-25-32-15-6-7-18-36(32)43)28-44(42)49-39-21-10-8-19-37(39)48(38-20-9-11-22-40(38)49)41-23-12-24-46-50(41)45-27-33-16-4-5-17-34(33)29-47(45)51-46/h1-30H. The van der Waals surface area contributed by atoms with E-state index in [1.165, 1.54) is 87.2 Å². The third kappa shape index (κ3) is 4.22. The number of benzene rings is 10. The van der Waals surface area contributed by atoms with Crippen LogP contribution in [0.15, 0.2) is 186 Å². The maximum atomic E-state index is 6.58. The first-order chi connectivity index (χ1) is 25.3. The van der Waals surface area contributed by atoms with Crippen molar-refractivity contribution in [2.45, 2.75) is 0 Å². The maximum Gasteiger partial charge on any atom is 0.136 e. The van der Waals surface area contributed by atoms with Crippen molar-refractivity contribution in [1.82, 2.24) is 0 Å². The van der Waals surface area contributed by atoms with E-state index < -0.39 is 0 Å². The van der Waals surface area contributed by atoms with Gasteiger partial charge in [0.1, 0.15) is 11.2 Å². The molecule has 1 heterocycles. The Bertz CT molecular complexity index is 3130. The third-order valence-electron chi connectivity index (χ3n) is 10.8. The van der Waals surface area contributed by atoms with Crippen molar-refractivity contribution in [1.29, 1.82) is 0 Å². The summed E-state index contributed by atoms with van der Waals surface area (Å²) in [5.74, 6) is 0. The van der Waals surface area contributed by atoms with Gasteiger partial charge in [-0.2, -0.15) is 0 Å². The summed E-state index contributed by atoms with van der Waals surface area (Å²) in [4.78, 5) is 0. The van der Waals surface area contributed by atoms with Crippen LogP contribution < -0.4 is 0 Å². The number of rotatable bonds is 3. The average molecular weight is 647 g/mol. The molecular weight excluding hydrogens is 617 g/mol. The first-order valence-corrected chi connectivity index (χ1v) is 17.6. The molecule has 0 spiro atoms. The number of hydrogen-bond donors (Lipinski definition) is 0. The van der Waals surface area contributed by atoms with E-state index in [4.69, 9.17) is 4.42 Å². The molecule has 0 N–H and O–H groups in total. The molecule has 0 aliphatic heterocycles. The van der Waals surface area contributed by atoms with Crippen molar-refractivity contribution in [2.75, 3.05) is 0 Å². The summed E-state index contributed by atoms with van der Waals surface area (Å²) < 4.78 is 6.58. The lowest BCUT2D eigenvalue weighted by molar-refractivity contribution is 0.669. The lowest BCUT2D eigenvalue weighted by Crippen LogP contribution is -1.94. The van der Waals surface area contributed by atoms with Crippen LogP contribution in [0.3, 0.4) is 0 Å². The molecule has 236 valence electrons. The summed E-state index contributed by atoms with van der Waals surface area (Å²) in [5.41, 5.74) is 9.18. The second-order valence-corrected chi connectivity index (χ2v) is 13.6. The smallest absolute Gasteiger partial charge is 0.136 e. The highest BCUT2D eigenvalue weighted by molar-refractivity contribution is 6.27. The van der Waals surface area contributed by atoms with Crippen LogP contribution >= 0.6 is 0 Å². The van der Waals surface area contributed by atoms with Gasteiger partial charge in [0.25, 0.3) is 0 Å². The van der Waals surface area contributed by atoms with Crippen molar-refractivity contribution in [3.05, 3.63) is 182 Å². The predicted molar refractivity (Wildman–Crippen MR) is 218 cm³/mol. The maximum absolute atomic E-state index is 6.58. The first-order valence-electron chi connectivity index (χ1n) is 17.6. The molecule has 0 radical (unpaired) electrons. The van der Waals surface area contributed by atoms with Gasteiger partial charge in [-0.3, -0.25) is 0 Å². The van der Waals surface area contributed by atoms with Crippen LogP contribution in [0.25, 0.3) is 109 Å². The van der Waals surface area contributed by atoms with E-state index in [0.29, 0.717) is 0 Å². The molecule has 1 heteroatoms. The normalized spacial score (nSPS) is 11.9. The summed E-state index contributed by atoms with van der Waals surface area (Å²) in [6.45, 7) is 0. The number of furan rings is 1. The van der Waals surface area contributed by atoms with E-state index in [1.807, 2.05) is 0 Å². The molecule has 1 aromatic heterocycles. The van der Waals surface area contributed by atoms with Crippen LogP contribution in [-0.2, 0) is 0 Å². The lowest BCUT2D eigenvalue weighted by Gasteiger charge is -2.21. The molecule has 1 nitrogen and oxygen atoms in total. The molecule has 0 fully saturated rings. The van der Waals surface area contributed by atoms with Gasteiger partial charge in [0.15, 0.2) is 0 Å². The van der Waals surface area contributed by atoms with E-state index in [1.54, 1.807) is 0 Å². The summed E-state index contributed by atoms with van der Waals surface area (Å²) in [5, 5.41) is 14.7. The number of fused-ring (bicyclic) bond motifs is 9. The van der Waals surface area contributed by atoms with Gasteiger partial charge in [-0.25, -0.2) is 0 Å². The highest BCUT2D eigenvalue weighted by Crippen LogP contribution is 2.49. The quantitative estimate of drug-likeness (QED) is 0.138.